The minimum atomic E-state index is -0.0419. The highest BCUT2D eigenvalue weighted by atomic mass is 35.5. The molecule has 2 aromatic heterocycles. The van der Waals surface area contributed by atoms with E-state index in [1.807, 2.05) is 17.0 Å². The Balaban J connectivity index is 1.43. The van der Waals surface area contributed by atoms with E-state index in [2.05, 4.69) is 35.1 Å². The number of pyridine rings is 1. The summed E-state index contributed by atoms with van der Waals surface area (Å²) >= 11 is 6.05. The van der Waals surface area contributed by atoms with Crippen LogP contribution in [0.5, 0.6) is 0 Å². The summed E-state index contributed by atoms with van der Waals surface area (Å²) in [5, 5.41) is 5.04. The highest BCUT2D eigenvalue weighted by Crippen LogP contribution is 2.33. The molecule has 6 nitrogen and oxygen atoms in total. The molecule has 29 heavy (non-hydrogen) atoms. The Morgan fingerprint density at radius 2 is 1.97 bits per heavy atom. The number of halogens is 1. The van der Waals surface area contributed by atoms with Crippen LogP contribution in [0.25, 0.3) is 5.52 Å². The molecule has 3 aromatic rings. The summed E-state index contributed by atoms with van der Waals surface area (Å²) in [6.45, 7) is 6.12. The van der Waals surface area contributed by atoms with Crippen LogP contribution < -0.4 is 4.90 Å². The lowest BCUT2D eigenvalue weighted by Crippen LogP contribution is -2.40. The molecule has 0 saturated carbocycles. The zero-order valence-electron chi connectivity index (χ0n) is 16.3. The summed E-state index contributed by atoms with van der Waals surface area (Å²) in [4.78, 5) is 17.5. The molecule has 2 aliphatic heterocycles. The Kier molecular flexibility index (Phi) is 4.68. The molecule has 5 rings (SSSR count). The summed E-state index contributed by atoms with van der Waals surface area (Å²) < 4.78 is 7.13. The van der Waals surface area contributed by atoms with Gasteiger partial charge in [-0.3, -0.25) is 4.79 Å². The molecule has 1 fully saturated rings. The monoisotopic (exact) mass is 410 g/mol. The second kappa shape index (κ2) is 7.35. The molecule has 0 radical (unpaired) electrons. The second-order valence-electron chi connectivity index (χ2n) is 7.65. The van der Waals surface area contributed by atoms with Crippen molar-refractivity contribution < 1.29 is 9.53 Å². The zero-order chi connectivity index (χ0) is 20.0. The summed E-state index contributed by atoms with van der Waals surface area (Å²) in [5.74, 6) is -0.0419. The Hall–Kier alpha value is -2.57. The highest BCUT2D eigenvalue weighted by Gasteiger charge is 2.30. The van der Waals surface area contributed by atoms with Gasteiger partial charge in [0.2, 0.25) is 0 Å². The summed E-state index contributed by atoms with van der Waals surface area (Å²) in [6.07, 6.45) is 2.57. The number of hydrogen-bond donors (Lipinski definition) is 0. The fraction of sp³-hybridized carbons (Fsp3) is 0.364. The van der Waals surface area contributed by atoms with Gasteiger partial charge in [-0.25, -0.2) is 4.52 Å². The quantitative estimate of drug-likeness (QED) is 0.648. The molecule has 0 spiro atoms. The fourth-order valence-corrected chi connectivity index (χ4v) is 4.47. The predicted molar refractivity (Wildman–Crippen MR) is 113 cm³/mol. The van der Waals surface area contributed by atoms with Gasteiger partial charge >= 0.3 is 0 Å². The molecule has 4 heterocycles. The normalized spacial score (nSPS) is 19.4. The number of hydrogen-bond acceptors (Lipinski definition) is 4. The second-order valence-corrected chi connectivity index (χ2v) is 8.09. The maximum Gasteiger partial charge on any atom is 0.274 e. The van der Waals surface area contributed by atoms with Crippen LogP contribution in [-0.2, 0) is 11.2 Å². The number of carbonyl (C=O) groups excluding carboxylic acids is 1. The van der Waals surface area contributed by atoms with Gasteiger partial charge in [-0.15, -0.1) is 0 Å². The highest BCUT2D eigenvalue weighted by molar-refractivity contribution is 6.30. The summed E-state index contributed by atoms with van der Waals surface area (Å²) in [5.41, 5.74) is 5.06. The van der Waals surface area contributed by atoms with Crippen LogP contribution in [0.1, 0.15) is 34.6 Å². The largest absolute Gasteiger partial charge is 0.378 e. The van der Waals surface area contributed by atoms with Crippen LogP contribution in [0.3, 0.4) is 0 Å². The molecule has 1 unspecified atom stereocenters. The van der Waals surface area contributed by atoms with Crippen molar-refractivity contribution in [3.63, 3.8) is 0 Å². The Morgan fingerprint density at radius 1 is 1.14 bits per heavy atom. The molecule has 2 aliphatic rings. The number of morpholine rings is 1. The predicted octanol–water partition coefficient (Wildman–Crippen LogP) is 3.58. The van der Waals surface area contributed by atoms with Crippen molar-refractivity contribution in [3.8, 4) is 0 Å². The summed E-state index contributed by atoms with van der Waals surface area (Å²) in [7, 11) is 0. The van der Waals surface area contributed by atoms with Crippen LogP contribution in [0.2, 0.25) is 5.02 Å². The lowest BCUT2D eigenvalue weighted by molar-refractivity contribution is 0.0671. The van der Waals surface area contributed by atoms with Crippen molar-refractivity contribution in [1.82, 2.24) is 14.5 Å². The molecule has 150 valence electrons. The first-order valence-corrected chi connectivity index (χ1v) is 10.4. The van der Waals surface area contributed by atoms with E-state index in [0.717, 1.165) is 38.2 Å². The van der Waals surface area contributed by atoms with Gasteiger partial charge in [-0.1, -0.05) is 17.7 Å². The van der Waals surface area contributed by atoms with Gasteiger partial charge in [0.05, 0.1) is 29.8 Å². The zero-order valence-corrected chi connectivity index (χ0v) is 17.1. The first-order valence-electron chi connectivity index (χ1n) is 10.0. The van der Waals surface area contributed by atoms with Crippen LogP contribution in [-0.4, -0.2) is 53.3 Å². The van der Waals surface area contributed by atoms with Crippen molar-refractivity contribution >= 4 is 28.7 Å². The topological polar surface area (TPSA) is 50.1 Å². The van der Waals surface area contributed by atoms with Crippen LogP contribution >= 0.6 is 11.6 Å². The SMILES string of the molecule is CC1c2cc(N3CCOCC3)ccc2CCN1C(=O)c1cc2ccc(Cl)cn2n1. The molecular weight excluding hydrogens is 388 g/mol. The standard InChI is InChI=1S/C22H23ClN4O2/c1-15-20-12-18(25-8-10-29-11-9-25)4-2-16(20)6-7-26(15)22(28)21-13-19-5-3-17(23)14-27(19)24-21/h2-5,12-15H,6-11H2,1H3. The fourth-order valence-electron chi connectivity index (χ4n) is 4.31. The van der Waals surface area contributed by atoms with Gasteiger partial charge in [-0.2, -0.15) is 5.10 Å². The van der Waals surface area contributed by atoms with Crippen molar-refractivity contribution in [2.24, 2.45) is 0 Å². The van der Waals surface area contributed by atoms with E-state index in [-0.39, 0.29) is 11.9 Å². The first-order chi connectivity index (χ1) is 14.1. The van der Waals surface area contributed by atoms with E-state index < -0.39 is 0 Å². The van der Waals surface area contributed by atoms with Crippen LogP contribution in [0.15, 0.2) is 42.6 Å². The van der Waals surface area contributed by atoms with Crippen molar-refractivity contribution in [3.05, 3.63) is 64.4 Å². The Bertz CT molecular complexity index is 1070. The average Bonchev–Trinajstić information content (AvgIpc) is 3.17. The van der Waals surface area contributed by atoms with Crippen LogP contribution in [0, 0.1) is 0 Å². The molecular formula is C22H23ClN4O2. The molecule has 0 aliphatic carbocycles. The number of ether oxygens (including phenoxy) is 1. The number of aromatic nitrogens is 2. The van der Waals surface area contributed by atoms with E-state index in [0.29, 0.717) is 17.3 Å². The third kappa shape index (κ3) is 3.36. The lowest BCUT2D eigenvalue weighted by Gasteiger charge is -2.36. The molecule has 1 amide bonds. The Labute approximate surface area is 174 Å². The van der Waals surface area contributed by atoms with Gasteiger partial charge in [0, 0.05) is 31.5 Å². The van der Waals surface area contributed by atoms with E-state index in [9.17, 15) is 4.79 Å². The maximum atomic E-state index is 13.3. The third-order valence-corrected chi connectivity index (χ3v) is 6.17. The molecule has 0 N–H and O–H groups in total. The van der Waals surface area contributed by atoms with Gasteiger partial charge < -0.3 is 14.5 Å². The van der Waals surface area contributed by atoms with Crippen LogP contribution in [0.4, 0.5) is 5.69 Å². The first kappa shape index (κ1) is 18.5. The maximum absolute atomic E-state index is 13.3. The summed E-state index contributed by atoms with van der Waals surface area (Å²) in [6, 6.07) is 12.2. The van der Waals surface area contributed by atoms with Gasteiger partial charge in [0.15, 0.2) is 5.69 Å². The third-order valence-electron chi connectivity index (χ3n) is 5.95. The minimum absolute atomic E-state index is 0.000593. The molecule has 0 bridgehead atoms. The number of fused-ring (bicyclic) bond motifs is 2. The number of benzene rings is 1. The number of amides is 1. The average molecular weight is 411 g/mol. The Morgan fingerprint density at radius 3 is 2.79 bits per heavy atom. The molecule has 1 atom stereocenters. The van der Waals surface area contributed by atoms with Gasteiger partial charge in [-0.05, 0) is 54.8 Å². The minimum Gasteiger partial charge on any atom is -0.378 e. The smallest absolute Gasteiger partial charge is 0.274 e. The number of rotatable bonds is 2. The van der Waals surface area contributed by atoms with Crippen molar-refractivity contribution in [1.29, 1.82) is 0 Å². The van der Waals surface area contributed by atoms with E-state index in [1.165, 1.54) is 16.8 Å². The lowest BCUT2D eigenvalue weighted by atomic mass is 9.92. The molecule has 1 saturated heterocycles. The van der Waals surface area contributed by atoms with E-state index >= 15 is 0 Å². The number of anilines is 1. The van der Waals surface area contributed by atoms with Crippen molar-refractivity contribution in [2.75, 3.05) is 37.7 Å². The molecule has 1 aromatic carbocycles. The van der Waals surface area contributed by atoms with Crippen molar-refractivity contribution in [2.45, 2.75) is 19.4 Å². The van der Waals surface area contributed by atoms with E-state index in [1.54, 1.807) is 16.8 Å². The molecule has 7 heteroatoms. The number of nitrogens with zero attached hydrogens (tertiary/aromatic N) is 4. The van der Waals surface area contributed by atoms with E-state index in [4.69, 9.17) is 16.3 Å². The number of carbonyl (C=O) groups is 1. The van der Waals surface area contributed by atoms with Gasteiger partial charge in [0.1, 0.15) is 0 Å². The van der Waals surface area contributed by atoms with Gasteiger partial charge in [0.25, 0.3) is 5.91 Å².